The van der Waals surface area contributed by atoms with E-state index < -0.39 is 29.3 Å². The van der Waals surface area contributed by atoms with E-state index in [1.165, 1.54) is 0 Å². The van der Waals surface area contributed by atoms with Crippen LogP contribution < -0.4 is 63.8 Å². The Morgan fingerprint density at radius 2 is 0.333 bits per heavy atom. The molecule has 0 unspecified atom stereocenters. The molecule has 0 atom stereocenters. The van der Waals surface area contributed by atoms with Crippen LogP contribution in [0.3, 0.4) is 0 Å². The Kier molecular flexibility index (Phi) is 63.7. The van der Waals surface area contributed by atoms with E-state index >= 15 is 0 Å². The van der Waals surface area contributed by atoms with E-state index in [2.05, 4.69) is 0 Å². The molecule has 0 amide bonds. The van der Waals surface area contributed by atoms with Crippen LogP contribution in [0.25, 0.3) is 0 Å². The third-order valence-electron chi connectivity index (χ3n) is 0. The first kappa shape index (κ1) is 36.7. The van der Waals surface area contributed by atoms with E-state index in [4.69, 9.17) is 60.3 Å². The van der Waals surface area contributed by atoms with Crippen LogP contribution in [-0.4, -0.2) is 89.6 Å². The second kappa shape index (κ2) is 31.2. The maximum Gasteiger partial charge on any atom is 1.00 e. The van der Waals surface area contributed by atoms with Gasteiger partial charge in [0.25, 0.3) is 0 Å². The topological polar surface area (TPSA) is 243 Å². The summed E-state index contributed by atoms with van der Waals surface area (Å²) in [6.07, 6.45) is 0. The smallest absolute Gasteiger partial charge is 1.00 e. The van der Waals surface area contributed by atoms with E-state index in [-0.39, 0.29) is 63.8 Å². The molecular weight excluding hydrogens is 310 g/mol. The normalized spacial score (nSPS) is 6.00. The molecule has 0 heterocycles. The molecule has 0 saturated heterocycles. The summed E-state index contributed by atoms with van der Waals surface area (Å²) < 4.78 is 0. The second-order valence-electron chi connectivity index (χ2n) is 1.39. The SMILES string of the molecule is OB(O)O.OB(O)O.OB(O)O.OB(O)O.[Cl-].[K+]. The minimum atomic E-state index is -2.17. The van der Waals surface area contributed by atoms with E-state index in [0.29, 0.717) is 0 Å². The predicted molar refractivity (Wildman–Crippen MR) is 49.6 cm³/mol. The number of hydrogen-bond acceptors (Lipinski definition) is 12. The van der Waals surface area contributed by atoms with Gasteiger partial charge < -0.3 is 72.7 Å². The molecule has 0 saturated carbocycles. The zero-order chi connectivity index (χ0) is 14.3. The Labute approximate surface area is 152 Å². The van der Waals surface area contributed by atoms with Gasteiger partial charge in [-0.2, -0.15) is 0 Å². The molecule has 0 aromatic carbocycles. The fraction of sp³-hybridized carbons (Fsp3) is 0. The van der Waals surface area contributed by atoms with Gasteiger partial charge in [-0.25, -0.2) is 0 Å². The molecule has 0 aliphatic rings. The largest absolute Gasteiger partial charge is 1.00 e. The van der Waals surface area contributed by atoms with E-state index in [9.17, 15) is 0 Å². The minimum Gasteiger partial charge on any atom is -1.00 e. The van der Waals surface area contributed by atoms with E-state index in [1.54, 1.807) is 0 Å². The summed E-state index contributed by atoms with van der Waals surface area (Å²) >= 11 is 0. The Morgan fingerprint density at radius 1 is 0.333 bits per heavy atom. The van der Waals surface area contributed by atoms with E-state index in [1.807, 2.05) is 0 Å². The van der Waals surface area contributed by atoms with Crippen molar-refractivity contribution in [1.82, 2.24) is 0 Å². The molecule has 0 fully saturated rings. The molecule has 0 aromatic rings. The first-order valence-electron chi connectivity index (χ1n) is 3.10. The van der Waals surface area contributed by atoms with Crippen LogP contribution in [0.5, 0.6) is 0 Å². The second-order valence-corrected chi connectivity index (χ2v) is 1.39. The van der Waals surface area contributed by atoms with Crippen molar-refractivity contribution < 1.29 is 124 Å². The zero-order valence-corrected chi connectivity index (χ0v) is 12.9. The molecule has 18 heteroatoms. The molecule has 12 N–H and O–H groups in total. The standard InChI is InChI=1S/4BH3O3.ClH.K/c4*2-1(3)4;;/h4*2-4H;1H;/q;;;;;+1/p-1. The van der Waals surface area contributed by atoms with E-state index in [0.717, 1.165) is 0 Å². The molecule has 0 spiro atoms. The van der Waals surface area contributed by atoms with Gasteiger partial charge in [-0.15, -0.1) is 0 Å². The van der Waals surface area contributed by atoms with Crippen LogP contribution in [-0.2, 0) is 0 Å². The van der Waals surface area contributed by atoms with Gasteiger partial charge in [0.1, 0.15) is 0 Å². The maximum atomic E-state index is 7.17. The summed E-state index contributed by atoms with van der Waals surface area (Å²) in [6, 6.07) is 0. The van der Waals surface area contributed by atoms with Gasteiger partial charge >= 0.3 is 80.7 Å². The van der Waals surface area contributed by atoms with Crippen LogP contribution in [0, 0.1) is 0 Å². The molecule has 0 aromatic heterocycles. The molecule has 0 rings (SSSR count). The van der Waals surface area contributed by atoms with Gasteiger partial charge in [0.15, 0.2) is 0 Å². The van der Waals surface area contributed by atoms with Gasteiger partial charge in [-0.05, 0) is 0 Å². The van der Waals surface area contributed by atoms with Crippen molar-refractivity contribution in [2.75, 3.05) is 0 Å². The summed E-state index contributed by atoms with van der Waals surface area (Å²) in [7, 11) is -8.67. The summed E-state index contributed by atoms with van der Waals surface area (Å²) in [5, 5.41) is 86.0. The Bertz CT molecular complexity index is 67.1. The van der Waals surface area contributed by atoms with Crippen molar-refractivity contribution in [1.29, 1.82) is 0 Å². The van der Waals surface area contributed by atoms with Crippen LogP contribution in [0.2, 0.25) is 0 Å². The molecule has 18 heavy (non-hydrogen) atoms. The Morgan fingerprint density at radius 3 is 0.333 bits per heavy atom. The monoisotopic (exact) mass is 322 g/mol. The molecule has 0 aliphatic carbocycles. The van der Waals surface area contributed by atoms with Gasteiger partial charge in [-0.3, -0.25) is 0 Å². The van der Waals surface area contributed by atoms with Crippen LogP contribution in [0.15, 0.2) is 0 Å². The summed E-state index contributed by atoms with van der Waals surface area (Å²) in [5.74, 6) is 0. The van der Waals surface area contributed by atoms with Gasteiger partial charge in [0, 0.05) is 0 Å². The Balaban J connectivity index is -0.0000000257. The van der Waals surface area contributed by atoms with Crippen molar-refractivity contribution in [3.05, 3.63) is 0 Å². The molecule has 0 radical (unpaired) electrons. The average Bonchev–Trinajstić information content (AvgIpc) is 1.76. The molecule has 12 nitrogen and oxygen atoms in total. The van der Waals surface area contributed by atoms with Gasteiger partial charge in [0.2, 0.25) is 0 Å². The third kappa shape index (κ3) is 1700. The number of halogens is 1. The van der Waals surface area contributed by atoms with Crippen molar-refractivity contribution in [2.45, 2.75) is 0 Å². The summed E-state index contributed by atoms with van der Waals surface area (Å²) in [5.41, 5.74) is 0. The summed E-state index contributed by atoms with van der Waals surface area (Å²) in [6.45, 7) is 0. The first-order chi connectivity index (χ1) is 6.93. The quantitative estimate of drug-likeness (QED) is 0.186. The number of hydrogen-bond donors (Lipinski definition) is 12. The fourth-order valence-electron chi connectivity index (χ4n) is 0. The molecule has 0 aliphatic heterocycles. The van der Waals surface area contributed by atoms with Crippen molar-refractivity contribution >= 4 is 29.3 Å². The zero-order valence-electron chi connectivity index (χ0n) is 9.05. The van der Waals surface area contributed by atoms with Crippen LogP contribution in [0.4, 0.5) is 0 Å². The van der Waals surface area contributed by atoms with Crippen molar-refractivity contribution in [3.63, 3.8) is 0 Å². The van der Waals surface area contributed by atoms with Crippen molar-refractivity contribution in [2.24, 2.45) is 0 Å². The Hall–Kier alpha value is 1.71. The molecule has 0 bridgehead atoms. The predicted octanol–water partition coefficient (Wildman–Crippen LogP) is -14.2. The third-order valence-corrected chi connectivity index (χ3v) is 0. The fourth-order valence-corrected chi connectivity index (χ4v) is 0. The first-order valence-corrected chi connectivity index (χ1v) is 3.10. The average molecular weight is 322 g/mol. The minimum absolute atomic E-state index is 0. The summed E-state index contributed by atoms with van der Waals surface area (Å²) in [4.78, 5) is 0. The van der Waals surface area contributed by atoms with Crippen LogP contribution in [0.1, 0.15) is 0 Å². The number of rotatable bonds is 0. The van der Waals surface area contributed by atoms with Crippen LogP contribution >= 0.6 is 0 Å². The van der Waals surface area contributed by atoms with Gasteiger partial charge in [0.05, 0.1) is 0 Å². The maximum absolute atomic E-state index is 7.17. The van der Waals surface area contributed by atoms with Gasteiger partial charge in [-0.1, -0.05) is 0 Å². The molecular formula is H12B4ClKO12. The molecule has 104 valence electrons. The van der Waals surface area contributed by atoms with Crippen molar-refractivity contribution in [3.8, 4) is 0 Å².